The average Bonchev–Trinajstić information content (AvgIpc) is 2.62. The van der Waals surface area contributed by atoms with Crippen LogP contribution in [-0.4, -0.2) is 26.6 Å². The van der Waals surface area contributed by atoms with E-state index in [-0.39, 0.29) is 17.7 Å². The molecule has 0 radical (unpaired) electrons. The minimum atomic E-state index is -3.23. The number of anilines is 1. The number of benzene rings is 2. The van der Waals surface area contributed by atoms with Crippen LogP contribution in [0, 0.1) is 0 Å². The van der Waals surface area contributed by atoms with Crippen molar-refractivity contribution in [3.05, 3.63) is 65.7 Å². The summed E-state index contributed by atoms with van der Waals surface area (Å²) < 4.78 is 25.7. The number of carbonyl (C=O) groups excluding carboxylic acids is 1. The van der Waals surface area contributed by atoms with Crippen LogP contribution in [0.25, 0.3) is 0 Å². The second-order valence-electron chi connectivity index (χ2n) is 6.25. The van der Waals surface area contributed by atoms with Crippen LogP contribution in [0.1, 0.15) is 41.7 Å². The van der Waals surface area contributed by atoms with E-state index in [0.29, 0.717) is 24.2 Å². The van der Waals surface area contributed by atoms with E-state index in [1.165, 1.54) is 4.31 Å². The first-order valence-electron chi connectivity index (χ1n) is 8.44. The second kappa shape index (κ2) is 7.27. The van der Waals surface area contributed by atoms with Gasteiger partial charge in [-0.1, -0.05) is 30.3 Å². The molecule has 2 aromatic rings. The first kappa shape index (κ1) is 17.5. The molecule has 1 saturated heterocycles. The second-order valence-corrected chi connectivity index (χ2v) is 8.26. The molecule has 1 N–H and O–H groups in total. The summed E-state index contributed by atoms with van der Waals surface area (Å²) >= 11 is 0. The Kier molecular flexibility index (Phi) is 5.08. The number of sulfonamides is 1. The molecule has 132 valence electrons. The fourth-order valence-electron chi connectivity index (χ4n) is 2.96. The Morgan fingerprint density at radius 2 is 1.72 bits per heavy atom. The Hall–Kier alpha value is -2.34. The Balaban J connectivity index is 1.70. The zero-order chi connectivity index (χ0) is 17.9. The van der Waals surface area contributed by atoms with Crippen LogP contribution in [0.4, 0.5) is 5.69 Å². The van der Waals surface area contributed by atoms with Crippen molar-refractivity contribution in [2.24, 2.45) is 0 Å². The van der Waals surface area contributed by atoms with Gasteiger partial charge in [0, 0.05) is 12.1 Å². The lowest BCUT2D eigenvalue weighted by atomic mass is 10.1. The fraction of sp³-hybridized carbons (Fsp3) is 0.316. The van der Waals surface area contributed by atoms with E-state index in [1.807, 2.05) is 37.3 Å². The van der Waals surface area contributed by atoms with Gasteiger partial charge in [0.1, 0.15) is 0 Å². The van der Waals surface area contributed by atoms with E-state index in [4.69, 9.17) is 0 Å². The molecular weight excluding hydrogens is 336 g/mol. The number of hydrogen-bond donors (Lipinski definition) is 1. The maximum atomic E-state index is 12.4. The summed E-state index contributed by atoms with van der Waals surface area (Å²) in [5.41, 5.74) is 2.17. The lowest BCUT2D eigenvalue weighted by Crippen LogP contribution is -2.37. The quantitative estimate of drug-likeness (QED) is 0.913. The minimum absolute atomic E-state index is 0.101. The van der Waals surface area contributed by atoms with Crippen molar-refractivity contribution in [2.75, 3.05) is 16.6 Å². The van der Waals surface area contributed by atoms with Crippen molar-refractivity contribution in [3.8, 4) is 0 Å². The largest absolute Gasteiger partial charge is 0.346 e. The molecule has 1 atom stereocenters. The van der Waals surface area contributed by atoms with Crippen LogP contribution in [-0.2, 0) is 10.0 Å². The van der Waals surface area contributed by atoms with Gasteiger partial charge in [0.25, 0.3) is 5.91 Å². The van der Waals surface area contributed by atoms with Crippen molar-refractivity contribution in [1.29, 1.82) is 0 Å². The smallest absolute Gasteiger partial charge is 0.251 e. The molecule has 3 rings (SSSR count). The van der Waals surface area contributed by atoms with Gasteiger partial charge in [-0.2, -0.15) is 0 Å². The SMILES string of the molecule is CC(NC(=O)c1ccc(N2CCCCS2(=O)=O)cc1)c1ccccc1. The first-order valence-corrected chi connectivity index (χ1v) is 10.0. The lowest BCUT2D eigenvalue weighted by Gasteiger charge is -2.28. The molecule has 1 heterocycles. The van der Waals surface area contributed by atoms with Gasteiger partial charge < -0.3 is 5.32 Å². The summed E-state index contributed by atoms with van der Waals surface area (Å²) in [5.74, 6) is 0.00788. The summed E-state index contributed by atoms with van der Waals surface area (Å²) in [6, 6.07) is 16.4. The molecule has 1 fully saturated rings. The maximum absolute atomic E-state index is 12.4. The molecule has 5 nitrogen and oxygen atoms in total. The van der Waals surface area contributed by atoms with Crippen LogP contribution in [0.5, 0.6) is 0 Å². The monoisotopic (exact) mass is 358 g/mol. The standard InChI is InChI=1S/C19H22N2O3S/c1-15(16-7-3-2-4-8-16)20-19(22)17-9-11-18(12-10-17)21-13-5-6-14-25(21,23)24/h2-4,7-12,15H,5-6,13-14H2,1H3,(H,20,22). The molecule has 0 aromatic heterocycles. The third-order valence-corrected chi connectivity index (χ3v) is 6.28. The Bertz CT molecular complexity index is 833. The van der Waals surface area contributed by atoms with Crippen molar-refractivity contribution >= 4 is 21.6 Å². The third kappa shape index (κ3) is 4.02. The number of nitrogens with one attached hydrogen (secondary N) is 1. The van der Waals surface area contributed by atoms with Gasteiger partial charge >= 0.3 is 0 Å². The van der Waals surface area contributed by atoms with Crippen LogP contribution in [0.15, 0.2) is 54.6 Å². The van der Waals surface area contributed by atoms with Gasteiger partial charge in [-0.05, 0) is 49.6 Å². The Morgan fingerprint density at radius 3 is 2.36 bits per heavy atom. The van der Waals surface area contributed by atoms with Crippen molar-refractivity contribution < 1.29 is 13.2 Å². The van der Waals surface area contributed by atoms with Gasteiger partial charge in [-0.15, -0.1) is 0 Å². The van der Waals surface area contributed by atoms with Gasteiger partial charge in [0.2, 0.25) is 10.0 Å². The maximum Gasteiger partial charge on any atom is 0.251 e. The van der Waals surface area contributed by atoms with E-state index in [0.717, 1.165) is 12.0 Å². The van der Waals surface area contributed by atoms with Gasteiger partial charge in [-0.3, -0.25) is 9.10 Å². The van der Waals surface area contributed by atoms with E-state index >= 15 is 0 Å². The highest BCUT2D eigenvalue weighted by Gasteiger charge is 2.26. The summed E-state index contributed by atoms with van der Waals surface area (Å²) in [6.45, 7) is 2.43. The summed E-state index contributed by atoms with van der Waals surface area (Å²) in [6.07, 6.45) is 1.56. The molecule has 1 aliphatic rings. The number of carbonyl (C=O) groups is 1. The lowest BCUT2D eigenvalue weighted by molar-refractivity contribution is 0.0940. The van der Waals surface area contributed by atoms with Crippen LogP contribution < -0.4 is 9.62 Å². The van der Waals surface area contributed by atoms with Crippen molar-refractivity contribution in [2.45, 2.75) is 25.8 Å². The molecule has 0 spiro atoms. The van der Waals surface area contributed by atoms with Crippen molar-refractivity contribution in [3.63, 3.8) is 0 Å². The molecule has 2 aromatic carbocycles. The van der Waals surface area contributed by atoms with Gasteiger partial charge in [-0.25, -0.2) is 8.42 Å². The zero-order valence-electron chi connectivity index (χ0n) is 14.2. The third-order valence-electron chi connectivity index (χ3n) is 4.41. The Morgan fingerprint density at radius 1 is 1.04 bits per heavy atom. The van der Waals surface area contributed by atoms with Crippen LogP contribution in [0.3, 0.4) is 0 Å². The number of hydrogen-bond acceptors (Lipinski definition) is 3. The molecule has 0 aliphatic carbocycles. The summed E-state index contributed by atoms with van der Waals surface area (Å²) in [7, 11) is -3.23. The highest BCUT2D eigenvalue weighted by molar-refractivity contribution is 7.92. The summed E-state index contributed by atoms with van der Waals surface area (Å²) in [5, 5.41) is 2.96. The zero-order valence-corrected chi connectivity index (χ0v) is 15.0. The minimum Gasteiger partial charge on any atom is -0.346 e. The molecule has 25 heavy (non-hydrogen) atoms. The van der Waals surface area contributed by atoms with Crippen LogP contribution >= 0.6 is 0 Å². The topological polar surface area (TPSA) is 66.5 Å². The van der Waals surface area contributed by atoms with Crippen LogP contribution in [0.2, 0.25) is 0 Å². The van der Waals surface area contributed by atoms with E-state index in [1.54, 1.807) is 24.3 Å². The molecule has 1 amide bonds. The van der Waals surface area contributed by atoms with E-state index in [2.05, 4.69) is 5.32 Å². The van der Waals surface area contributed by atoms with Gasteiger partial charge in [0.05, 0.1) is 17.5 Å². The van der Waals surface area contributed by atoms with E-state index in [9.17, 15) is 13.2 Å². The molecule has 0 bridgehead atoms. The molecule has 0 saturated carbocycles. The highest BCUT2D eigenvalue weighted by atomic mass is 32.2. The van der Waals surface area contributed by atoms with Crippen molar-refractivity contribution in [1.82, 2.24) is 5.32 Å². The predicted molar refractivity (Wildman–Crippen MR) is 99.1 cm³/mol. The number of nitrogens with zero attached hydrogens (tertiary/aromatic N) is 1. The molecule has 6 heteroatoms. The highest BCUT2D eigenvalue weighted by Crippen LogP contribution is 2.24. The number of amides is 1. The first-order chi connectivity index (χ1) is 12.0. The molecular formula is C19H22N2O3S. The summed E-state index contributed by atoms with van der Waals surface area (Å²) in [4.78, 5) is 12.4. The average molecular weight is 358 g/mol. The normalized spacial score (nSPS) is 17.7. The van der Waals surface area contributed by atoms with E-state index < -0.39 is 10.0 Å². The number of rotatable bonds is 4. The molecule has 1 unspecified atom stereocenters. The Labute approximate surface area is 148 Å². The fourth-order valence-corrected chi connectivity index (χ4v) is 4.60. The predicted octanol–water partition coefficient (Wildman–Crippen LogP) is 3.11. The van der Waals surface area contributed by atoms with Gasteiger partial charge in [0.15, 0.2) is 0 Å². The molecule has 1 aliphatic heterocycles.